The number of rotatable bonds is 8. The van der Waals surface area contributed by atoms with Gasteiger partial charge in [0.05, 0.1) is 26.6 Å². The van der Waals surface area contributed by atoms with Gasteiger partial charge in [0.2, 0.25) is 0 Å². The maximum absolute atomic E-state index is 11.6. The summed E-state index contributed by atoms with van der Waals surface area (Å²) in [4.78, 5) is 24.9. The molecule has 0 spiro atoms. The van der Waals surface area contributed by atoms with Crippen molar-refractivity contribution >= 4 is 11.9 Å². The van der Waals surface area contributed by atoms with Crippen LogP contribution in [0, 0.1) is 5.92 Å². The van der Waals surface area contributed by atoms with Crippen LogP contribution < -0.4 is 0 Å². The highest BCUT2D eigenvalue weighted by Crippen LogP contribution is 2.09. The van der Waals surface area contributed by atoms with Gasteiger partial charge in [0.25, 0.3) is 0 Å². The Labute approximate surface area is 125 Å². The van der Waals surface area contributed by atoms with Gasteiger partial charge in [0, 0.05) is 19.6 Å². The van der Waals surface area contributed by atoms with Gasteiger partial charge in [-0.25, -0.2) is 0 Å². The van der Waals surface area contributed by atoms with Crippen molar-refractivity contribution in [3.05, 3.63) is 35.9 Å². The molecule has 5 nitrogen and oxygen atoms in total. The summed E-state index contributed by atoms with van der Waals surface area (Å²) in [5.41, 5.74) is 1.14. The molecule has 5 heteroatoms. The van der Waals surface area contributed by atoms with Gasteiger partial charge in [-0.1, -0.05) is 37.3 Å². The molecule has 0 aliphatic heterocycles. The Hall–Kier alpha value is -1.88. The highest BCUT2D eigenvalue weighted by atomic mass is 16.5. The van der Waals surface area contributed by atoms with Crippen molar-refractivity contribution in [2.45, 2.75) is 19.9 Å². The lowest BCUT2D eigenvalue weighted by molar-refractivity contribution is -0.145. The first-order chi connectivity index (χ1) is 10.1. The molecule has 1 atom stereocenters. The van der Waals surface area contributed by atoms with Gasteiger partial charge >= 0.3 is 11.9 Å². The minimum Gasteiger partial charge on any atom is -0.469 e. The molecule has 0 saturated heterocycles. The minimum absolute atomic E-state index is 0.239. The molecule has 0 fully saturated rings. The third-order valence-corrected chi connectivity index (χ3v) is 3.24. The number of ether oxygens (including phenoxy) is 2. The maximum atomic E-state index is 11.6. The molecule has 1 aromatic rings. The molecule has 0 heterocycles. The van der Waals surface area contributed by atoms with Crippen molar-refractivity contribution in [1.82, 2.24) is 4.90 Å². The summed E-state index contributed by atoms with van der Waals surface area (Å²) in [6, 6.07) is 9.94. The average Bonchev–Trinajstić information content (AvgIpc) is 2.52. The molecule has 1 aromatic carbocycles. The van der Waals surface area contributed by atoms with Gasteiger partial charge in [0.15, 0.2) is 0 Å². The van der Waals surface area contributed by atoms with Crippen LogP contribution >= 0.6 is 0 Å². The lowest BCUT2D eigenvalue weighted by Gasteiger charge is -2.24. The smallest absolute Gasteiger partial charge is 0.309 e. The van der Waals surface area contributed by atoms with Crippen molar-refractivity contribution in [3.8, 4) is 0 Å². The van der Waals surface area contributed by atoms with Crippen LogP contribution in [-0.4, -0.2) is 44.1 Å². The van der Waals surface area contributed by atoms with Crippen LogP contribution in [0.2, 0.25) is 0 Å². The largest absolute Gasteiger partial charge is 0.469 e. The molecule has 0 radical (unpaired) electrons. The highest BCUT2D eigenvalue weighted by Gasteiger charge is 2.18. The lowest BCUT2D eigenvalue weighted by Crippen LogP contribution is -2.33. The van der Waals surface area contributed by atoms with E-state index in [1.165, 1.54) is 14.2 Å². The fourth-order valence-corrected chi connectivity index (χ4v) is 2.09. The van der Waals surface area contributed by atoms with E-state index in [0.717, 1.165) is 5.56 Å². The number of esters is 2. The van der Waals surface area contributed by atoms with Crippen molar-refractivity contribution in [1.29, 1.82) is 0 Å². The Morgan fingerprint density at radius 2 is 1.81 bits per heavy atom. The topological polar surface area (TPSA) is 55.8 Å². The maximum Gasteiger partial charge on any atom is 0.309 e. The van der Waals surface area contributed by atoms with E-state index in [1.807, 2.05) is 37.3 Å². The molecule has 0 bridgehead atoms. The third-order valence-electron chi connectivity index (χ3n) is 3.24. The fraction of sp³-hybridized carbons (Fsp3) is 0.500. The molecular weight excluding hydrogens is 270 g/mol. The molecule has 0 aliphatic rings. The molecular formula is C16H23NO4. The lowest BCUT2D eigenvalue weighted by atomic mass is 10.1. The molecule has 0 saturated carbocycles. The van der Waals surface area contributed by atoms with E-state index in [1.54, 1.807) is 0 Å². The number of carbonyl (C=O) groups is 2. The van der Waals surface area contributed by atoms with Crippen molar-refractivity contribution in [3.63, 3.8) is 0 Å². The highest BCUT2D eigenvalue weighted by molar-refractivity contribution is 5.72. The Kier molecular flexibility index (Phi) is 7.46. The zero-order valence-electron chi connectivity index (χ0n) is 12.9. The first kappa shape index (κ1) is 17.2. The van der Waals surface area contributed by atoms with E-state index in [9.17, 15) is 9.59 Å². The van der Waals surface area contributed by atoms with Gasteiger partial charge in [-0.15, -0.1) is 0 Å². The van der Waals surface area contributed by atoms with Crippen molar-refractivity contribution in [2.75, 3.05) is 27.3 Å². The second kappa shape index (κ2) is 9.13. The molecule has 0 unspecified atom stereocenters. The Bertz CT molecular complexity index is 447. The molecule has 0 amide bonds. The normalized spacial score (nSPS) is 12.0. The van der Waals surface area contributed by atoms with E-state index in [4.69, 9.17) is 4.74 Å². The number of methoxy groups -OCH3 is 2. The predicted octanol–water partition coefficient (Wildman–Crippen LogP) is 1.86. The summed E-state index contributed by atoms with van der Waals surface area (Å²) < 4.78 is 9.42. The van der Waals surface area contributed by atoms with E-state index in [2.05, 4.69) is 9.64 Å². The average molecular weight is 293 g/mol. The van der Waals surface area contributed by atoms with Gasteiger partial charge in [-0.2, -0.15) is 0 Å². The van der Waals surface area contributed by atoms with E-state index in [0.29, 0.717) is 26.1 Å². The summed E-state index contributed by atoms with van der Waals surface area (Å²) in [5, 5.41) is 0. The quantitative estimate of drug-likeness (QED) is 0.685. The number of hydrogen-bond acceptors (Lipinski definition) is 5. The monoisotopic (exact) mass is 293 g/mol. The van der Waals surface area contributed by atoms with E-state index >= 15 is 0 Å². The van der Waals surface area contributed by atoms with E-state index in [-0.39, 0.29) is 17.9 Å². The molecule has 116 valence electrons. The van der Waals surface area contributed by atoms with Gasteiger partial charge in [-0.05, 0) is 5.56 Å². The molecule has 21 heavy (non-hydrogen) atoms. The Balaban J connectivity index is 2.65. The summed E-state index contributed by atoms with van der Waals surface area (Å²) in [6.07, 6.45) is 0.303. The molecule has 1 rings (SSSR count). The van der Waals surface area contributed by atoms with Gasteiger partial charge in [-0.3, -0.25) is 14.5 Å². The van der Waals surface area contributed by atoms with Gasteiger partial charge in [0.1, 0.15) is 0 Å². The molecule has 0 aromatic heterocycles. The fourth-order valence-electron chi connectivity index (χ4n) is 2.09. The Morgan fingerprint density at radius 1 is 1.14 bits per heavy atom. The van der Waals surface area contributed by atoms with E-state index < -0.39 is 0 Å². The zero-order chi connectivity index (χ0) is 15.7. The van der Waals surface area contributed by atoms with Crippen LogP contribution in [0.25, 0.3) is 0 Å². The van der Waals surface area contributed by atoms with Gasteiger partial charge < -0.3 is 9.47 Å². The Morgan fingerprint density at radius 3 is 2.38 bits per heavy atom. The second-order valence-electron chi connectivity index (χ2n) is 4.97. The van der Waals surface area contributed by atoms with Crippen LogP contribution in [-0.2, 0) is 25.6 Å². The summed E-state index contributed by atoms with van der Waals surface area (Å²) in [7, 11) is 2.76. The first-order valence-corrected chi connectivity index (χ1v) is 6.97. The number of benzene rings is 1. The summed E-state index contributed by atoms with van der Waals surface area (Å²) in [6.45, 7) is 3.59. The number of nitrogens with zero attached hydrogens (tertiary/aromatic N) is 1. The third kappa shape index (κ3) is 6.40. The molecule has 0 aliphatic carbocycles. The minimum atomic E-state index is -0.251. The standard InChI is InChI=1S/C16H23NO4/c1-13(16(19)21-3)11-17(10-9-15(18)20-2)12-14-7-5-4-6-8-14/h4-8,13H,9-12H2,1-3H3/t13-/m1/s1. The predicted molar refractivity (Wildman–Crippen MR) is 79.5 cm³/mol. The van der Waals surface area contributed by atoms with Crippen LogP contribution in [0.4, 0.5) is 0 Å². The second-order valence-corrected chi connectivity index (χ2v) is 4.97. The number of carbonyl (C=O) groups excluding carboxylic acids is 2. The summed E-state index contributed by atoms with van der Waals surface area (Å²) in [5.74, 6) is -0.735. The van der Waals surface area contributed by atoms with Crippen molar-refractivity contribution < 1.29 is 19.1 Å². The van der Waals surface area contributed by atoms with Crippen LogP contribution in [0.3, 0.4) is 0 Å². The van der Waals surface area contributed by atoms with Crippen LogP contribution in [0.5, 0.6) is 0 Å². The van der Waals surface area contributed by atoms with Crippen molar-refractivity contribution in [2.24, 2.45) is 5.92 Å². The first-order valence-electron chi connectivity index (χ1n) is 6.97. The molecule has 0 N–H and O–H groups in total. The summed E-state index contributed by atoms with van der Waals surface area (Å²) >= 11 is 0. The number of hydrogen-bond donors (Lipinski definition) is 0. The zero-order valence-corrected chi connectivity index (χ0v) is 12.9. The van der Waals surface area contributed by atoms with Crippen LogP contribution in [0.15, 0.2) is 30.3 Å². The van der Waals surface area contributed by atoms with Crippen LogP contribution in [0.1, 0.15) is 18.9 Å². The SMILES string of the molecule is COC(=O)CCN(Cc1ccccc1)C[C@@H](C)C(=O)OC.